The number of benzene rings is 3. The highest BCUT2D eigenvalue weighted by molar-refractivity contribution is 8.00. The van der Waals surface area contributed by atoms with E-state index in [2.05, 4.69) is 39.4 Å². The van der Waals surface area contributed by atoms with Crippen LogP contribution in [0.15, 0.2) is 94.5 Å². The molecule has 5 aromatic rings. The van der Waals surface area contributed by atoms with E-state index in [9.17, 15) is 14.7 Å². The van der Waals surface area contributed by atoms with Crippen molar-refractivity contribution < 1.29 is 19.4 Å². The highest BCUT2D eigenvalue weighted by atomic mass is 32.2. The van der Waals surface area contributed by atoms with Crippen molar-refractivity contribution in [1.82, 2.24) is 15.2 Å². The Kier molecular flexibility index (Phi) is 8.11. The highest BCUT2D eigenvalue weighted by Gasteiger charge is 2.47. The molecule has 1 aliphatic heterocycles. The van der Waals surface area contributed by atoms with E-state index in [0.717, 1.165) is 10.6 Å². The normalized spacial score (nSPS) is 14.9. The molecule has 1 amide bonds. The number of hydrogen-bond acceptors (Lipinski definition) is 10. The van der Waals surface area contributed by atoms with E-state index < -0.39 is 23.5 Å². The third-order valence-corrected chi connectivity index (χ3v) is 10.00. The molecule has 1 unspecified atom stereocenters. The lowest BCUT2D eigenvalue weighted by Gasteiger charge is -2.24. The number of aliphatic hydroxyl groups excluding tert-OH is 1. The molecule has 43 heavy (non-hydrogen) atoms. The predicted molar refractivity (Wildman–Crippen MR) is 169 cm³/mol. The fourth-order valence-corrected chi connectivity index (χ4v) is 7.47. The lowest BCUT2D eigenvalue weighted by Crippen LogP contribution is -2.31. The molecule has 1 N–H and O–H groups in total. The van der Waals surface area contributed by atoms with Gasteiger partial charge in [0.25, 0.3) is 5.91 Å². The van der Waals surface area contributed by atoms with E-state index in [1.54, 1.807) is 31.2 Å². The fraction of sp³-hybridized carbons (Fsp3) is 0.156. The number of nitrogens with zero attached hydrogens (tertiary/aromatic N) is 4. The van der Waals surface area contributed by atoms with Gasteiger partial charge in [-0.2, -0.15) is 0 Å². The maximum absolute atomic E-state index is 14.0. The minimum absolute atomic E-state index is 0.0299. The van der Waals surface area contributed by atoms with Gasteiger partial charge in [0.2, 0.25) is 10.9 Å². The standard InChI is InChI=1S/C32H26N4O4S3/c1-18-12-14-21(15-13-18)17-41-32-35-34-31(43-32)36-26(22-8-7-11-24(16-22)40-23-9-5-4-6-10-23)25(28(38)30(36)39)27(37)29-19(2)33-20(3)42-29/h4-16,26,38H,17H2,1-3H3. The fourth-order valence-electron chi connectivity index (χ4n) is 4.77. The Bertz CT molecular complexity index is 1850. The van der Waals surface area contributed by atoms with Crippen LogP contribution in [-0.2, 0) is 10.5 Å². The van der Waals surface area contributed by atoms with Crippen molar-refractivity contribution in [3.05, 3.63) is 122 Å². The molecule has 0 saturated heterocycles. The molecule has 3 aromatic carbocycles. The number of rotatable bonds is 9. The molecule has 0 saturated carbocycles. The van der Waals surface area contributed by atoms with Gasteiger partial charge in [-0.1, -0.05) is 83.3 Å². The highest BCUT2D eigenvalue weighted by Crippen LogP contribution is 2.45. The van der Waals surface area contributed by atoms with Crippen molar-refractivity contribution in [1.29, 1.82) is 0 Å². The Hall–Kier alpha value is -4.32. The number of amides is 1. The van der Waals surface area contributed by atoms with Crippen LogP contribution in [-0.4, -0.2) is 32.0 Å². The Morgan fingerprint density at radius 1 is 0.953 bits per heavy atom. The largest absolute Gasteiger partial charge is 0.503 e. The Balaban J connectivity index is 1.37. The second-order valence-corrected chi connectivity index (χ2v) is 13.3. The molecule has 6 rings (SSSR count). The smallest absolute Gasteiger partial charge is 0.296 e. The zero-order chi connectivity index (χ0) is 30.1. The number of ether oxygens (including phenoxy) is 1. The van der Waals surface area contributed by atoms with Crippen molar-refractivity contribution in [3.63, 3.8) is 0 Å². The number of hydrogen-bond donors (Lipinski definition) is 1. The second-order valence-electron chi connectivity index (χ2n) is 9.93. The summed E-state index contributed by atoms with van der Waals surface area (Å²) in [5.41, 5.74) is 3.42. The molecule has 0 fully saturated rings. The van der Waals surface area contributed by atoms with E-state index >= 15 is 0 Å². The Labute approximate surface area is 260 Å². The number of anilines is 1. The third-order valence-electron chi connectivity index (χ3n) is 6.80. The summed E-state index contributed by atoms with van der Waals surface area (Å²) in [4.78, 5) is 33.8. The number of aliphatic hydroxyl groups is 1. The van der Waals surface area contributed by atoms with Crippen LogP contribution >= 0.6 is 34.4 Å². The van der Waals surface area contributed by atoms with Gasteiger partial charge in [0.05, 0.1) is 27.2 Å². The molecule has 0 aliphatic carbocycles. The van der Waals surface area contributed by atoms with Crippen molar-refractivity contribution in [2.75, 3.05) is 4.90 Å². The molecule has 1 atom stereocenters. The van der Waals surface area contributed by atoms with Gasteiger partial charge in [-0.25, -0.2) is 4.98 Å². The van der Waals surface area contributed by atoms with E-state index in [-0.39, 0.29) is 10.7 Å². The first-order valence-electron chi connectivity index (χ1n) is 13.4. The van der Waals surface area contributed by atoms with Gasteiger partial charge in [0.1, 0.15) is 11.5 Å². The molecular formula is C32H26N4O4S3. The molecule has 216 valence electrons. The molecule has 11 heteroatoms. The van der Waals surface area contributed by atoms with Crippen molar-refractivity contribution in [2.45, 2.75) is 36.9 Å². The zero-order valence-electron chi connectivity index (χ0n) is 23.5. The molecule has 2 aromatic heterocycles. The topological polar surface area (TPSA) is 106 Å². The first-order valence-corrected chi connectivity index (χ1v) is 16.0. The molecule has 0 bridgehead atoms. The van der Waals surface area contributed by atoms with E-state index in [1.807, 2.05) is 44.2 Å². The zero-order valence-corrected chi connectivity index (χ0v) is 25.9. The van der Waals surface area contributed by atoms with Crippen LogP contribution in [0.4, 0.5) is 5.13 Å². The molecule has 3 heterocycles. The molecule has 1 aliphatic rings. The van der Waals surface area contributed by atoms with Crippen molar-refractivity contribution >= 4 is 51.3 Å². The average Bonchev–Trinajstić information content (AvgIpc) is 3.68. The van der Waals surface area contributed by atoms with E-state index in [0.29, 0.717) is 37.7 Å². The van der Waals surface area contributed by atoms with Gasteiger partial charge in [-0.15, -0.1) is 21.5 Å². The maximum Gasteiger partial charge on any atom is 0.296 e. The second kappa shape index (κ2) is 12.1. The number of aromatic nitrogens is 3. The first-order chi connectivity index (χ1) is 20.8. The summed E-state index contributed by atoms with van der Waals surface area (Å²) in [5, 5.41) is 20.9. The van der Waals surface area contributed by atoms with E-state index in [1.165, 1.54) is 44.9 Å². The molecule has 8 nitrogen and oxygen atoms in total. The van der Waals surface area contributed by atoms with Crippen LogP contribution in [0.3, 0.4) is 0 Å². The van der Waals surface area contributed by atoms with E-state index in [4.69, 9.17) is 4.74 Å². The number of aryl methyl sites for hydroxylation is 3. The van der Waals surface area contributed by atoms with Crippen LogP contribution in [0.25, 0.3) is 0 Å². The summed E-state index contributed by atoms with van der Waals surface area (Å²) in [6.45, 7) is 5.60. The van der Waals surface area contributed by atoms with Gasteiger partial charge in [0.15, 0.2) is 10.1 Å². The van der Waals surface area contributed by atoms with Crippen LogP contribution in [0, 0.1) is 20.8 Å². The number of para-hydroxylation sites is 1. The minimum Gasteiger partial charge on any atom is -0.503 e. The summed E-state index contributed by atoms with van der Waals surface area (Å²) in [6, 6.07) is 23.8. The number of ketones is 1. The summed E-state index contributed by atoms with van der Waals surface area (Å²) in [5.74, 6) is 0.0677. The lowest BCUT2D eigenvalue weighted by atomic mass is 9.95. The van der Waals surface area contributed by atoms with Gasteiger partial charge in [0, 0.05) is 5.75 Å². The van der Waals surface area contributed by atoms with Gasteiger partial charge in [-0.05, 0) is 56.2 Å². The summed E-state index contributed by atoms with van der Waals surface area (Å²) >= 11 is 3.98. The predicted octanol–water partition coefficient (Wildman–Crippen LogP) is 7.79. The SMILES string of the molecule is Cc1ccc(CSc2nnc(N3C(=O)C(O)=C(C(=O)c4sc(C)nc4C)C3c3cccc(Oc4ccccc4)c3)s2)cc1. The maximum atomic E-state index is 14.0. The van der Waals surface area contributed by atoms with Crippen LogP contribution in [0.1, 0.15) is 43.1 Å². The summed E-state index contributed by atoms with van der Waals surface area (Å²) < 4.78 is 6.72. The minimum atomic E-state index is -0.955. The lowest BCUT2D eigenvalue weighted by molar-refractivity contribution is -0.117. The van der Waals surface area contributed by atoms with Crippen LogP contribution < -0.4 is 9.64 Å². The quantitative estimate of drug-likeness (QED) is 0.100. The van der Waals surface area contributed by atoms with Gasteiger partial charge >= 0.3 is 0 Å². The number of carbonyl (C=O) groups excluding carboxylic acids is 2. The summed E-state index contributed by atoms with van der Waals surface area (Å²) in [6.07, 6.45) is 0. The first kappa shape index (κ1) is 28.8. The molecular weight excluding hydrogens is 601 g/mol. The van der Waals surface area contributed by atoms with Crippen LogP contribution in [0.2, 0.25) is 0 Å². The number of thiazole rings is 1. The van der Waals surface area contributed by atoms with Gasteiger partial charge in [-0.3, -0.25) is 14.5 Å². The Morgan fingerprint density at radius 2 is 1.70 bits per heavy atom. The van der Waals surface area contributed by atoms with Gasteiger partial charge < -0.3 is 9.84 Å². The van der Waals surface area contributed by atoms with Crippen LogP contribution in [0.5, 0.6) is 11.5 Å². The van der Waals surface area contributed by atoms with Crippen molar-refractivity contribution in [3.8, 4) is 11.5 Å². The number of carbonyl (C=O) groups is 2. The monoisotopic (exact) mass is 626 g/mol. The summed E-state index contributed by atoms with van der Waals surface area (Å²) in [7, 11) is 0. The Morgan fingerprint density at radius 3 is 2.42 bits per heavy atom. The number of Topliss-reactive ketones (excluding diaryl/α,β-unsaturated/α-hetero) is 1. The van der Waals surface area contributed by atoms with Crippen molar-refractivity contribution in [2.24, 2.45) is 0 Å². The molecule has 0 radical (unpaired) electrons. The average molecular weight is 627 g/mol. The number of thioether (sulfide) groups is 1. The molecule has 0 spiro atoms. The third kappa shape index (κ3) is 5.96.